The van der Waals surface area contributed by atoms with Crippen LogP contribution in [0.1, 0.15) is 29.5 Å². The van der Waals surface area contributed by atoms with Crippen molar-refractivity contribution in [2.45, 2.75) is 63.4 Å². The SMILES string of the molecule is C#CCCCOC1O[C@H](CO)[C@@H](OCc2ccccc2)[C@H](OCc2ccccc2)[C@H]1OCc1ccccc1. The van der Waals surface area contributed by atoms with Gasteiger partial charge in [0.2, 0.25) is 0 Å². The van der Waals surface area contributed by atoms with Gasteiger partial charge in [0.1, 0.15) is 24.4 Å². The van der Waals surface area contributed by atoms with Crippen LogP contribution in [0.2, 0.25) is 0 Å². The molecule has 1 saturated heterocycles. The van der Waals surface area contributed by atoms with Crippen molar-refractivity contribution in [2.75, 3.05) is 13.2 Å². The van der Waals surface area contributed by atoms with Crippen LogP contribution in [0.5, 0.6) is 0 Å². The van der Waals surface area contributed by atoms with Crippen LogP contribution in [0.15, 0.2) is 91.0 Å². The Morgan fingerprint density at radius 1 is 0.658 bits per heavy atom. The molecule has 0 spiro atoms. The van der Waals surface area contributed by atoms with E-state index < -0.39 is 30.7 Å². The maximum Gasteiger partial charge on any atom is 0.186 e. The van der Waals surface area contributed by atoms with Gasteiger partial charge in [0.15, 0.2) is 6.29 Å². The molecule has 6 nitrogen and oxygen atoms in total. The van der Waals surface area contributed by atoms with Gasteiger partial charge >= 0.3 is 0 Å². The Hall–Kier alpha value is -3.02. The van der Waals surface area contributed by atoms with Gasteiger partial charge in [0, 0.05) is 6.42 Å². The van der Waals surface area contributed by atoms with Crippen molar-refractivity contribution in [3.63, 3.8) is 0 Å². The molecule has 38 heavy (non-hydrogen) atoms. The average Bonchev–Trinajstić information content (AvgIpc) is 2.98. The highest BCUT2D eigenvalue weighted by molar-refractivity contribution is 5.15. The summed E-state index contributed by atoms with van der Waals surface area (Å²) in [4.78, 5) is 0. The first kappa shape index (κ1) is 28.0. The second-order valence-corrected chi connectivity index (χ2v) is 9.19. The van der Waals surface area contributed by atoms with Gasteiger partial charge in [-0.15, -0.1) is 12.3 Å². The number of aliphatic hydroxyl groups is 1. The predicted molar refractivity (Wildman–Crippen MR) is 145 cm³/mol. The minimum atomic E-state index is -0.758. The Morgan fingerprint density at radius 2 is 1.13 bits per heavy atom. The molecule has 1 heterocycles. The fourth-order valence-electron chi connectivity index (χ4n) is 4.40. The summed E-state index contributed by atoms with van der Waals surface area (Å²) in [6.07, 6.45) is 3.53. The van der Waals surface area contributed by atoms with Gasteiger partial charge in [-0.25, -0.2) is 0 Å². The van der Waals surface area contributed by atoms with E-state index in [1.54, 1.807) is 0 Å². The first-order chi connectivity index (χ1) is 18.8. The summed E-state index contributed by atoms with van der Waals surface area (Å²) in [6.45, 7) is 1.19. The molecule has 200 valence electrons. The summed E-state index contributed by atoms with van der Waals surface area (Å²) in [5.74, 6) is 2.63. The van der Waals surface area contributed by atoms with Gasteiger partial charge in [-0.2, -0.15) is 0 Å². The van der Waals surface area contributed by atoms with Crippen LogP contribution in [0.25, 0.3) is 0 Å². The Bertz CT molecular complexity index is 1090. The molecule has 1 N–H and O–H groups in total. The van der Waals surface area contributed by atoms with Crippen molar-refractivity contribution in [3.05, 3.63) is 108 Å². The highest BCUT2D eigenvalue weighted by Gasteiger charge is 2.48. The normalized spacial score (nSPS) is 23.1. The van der Waals surface area contributed by atoms with E-state index in [9.17, 15) is 5.11 Å². The predicted octanol–water partition coefficient (Wildman–Crippen LogP) is 4.89. The molecule has 3 aromatic carbocycles. The molecule has 1 fully saturated rings. The summed E-state index contributed by atoms with van der Waals surface area (Å²) >= 11 is 0. The van der Waals surface area contributed by atoms with Crippen LogP contribution < -0.4 is 0 Å². The van der Waals surface area contributed by atoms with Crippen LogP contribution in [0, 0.1) is 12.3 Å². The van der Waals surface area contributed by atoms with Crippen LogP contribution >= 0.6 is 0 Å². The third kappa shape index (κ3) is 8.24. The first-order valence-corrected chi connectivity index (χ1v) is 13.1. The van der Waals surface area contributed by atoms with Crippen molar-refractivity contribution in [1.29, 1.82) is 0 Å². The van der Waals surface area contributed by atoms with Crippen LogP contribution in [0.4, 0.5) is 0 Å². The van der Waals surface area contributed by atoms with Crippen LogP contribution in [-0.4, -0.2) is 49.0 Å². The molecule has 0 saturated carbocycles. The molecule has 0 bridgehead atoms. The zero-order chi connectivity index (χ0) is 26.4. The highest BCUT2D eigenvalue weighted by Crippen LogP contribution is 2.31. The molecule has 6 heteroatoms. The molecule has 0 amide bonds. The van der Waals surface area contributed by atoms with Crippen molar-refractivity contribution in [3.8, 4) is 12.3 Å². The van der Waals surface area contributed by atoms with E-state index in [4.69, 9.17) is 30.1 Å². The molecule has 0 aromatic heterocycles. The molecule has 4 rings (SSSR count). The summed E-state index contributed by atoms with van der Waals surface area (Å²) in [6, 6.07) is 29.8. The molecule has 0 radical (unpaired) electrons. The van der Waals surface area contributed by atoms with Crippen molar-refractivity contribution in [1.82, 2.24) is 0 Å². The zero-order valence-corrected chi connectivity index (χ0v) is 21.6. The van der Waals surface area contributed by atoms with Crippen molar-refractivity contribution < 1.29 is 28.8 Å². The third-order valence-corrected chi connectivity index (χ3v) is 6.37. The highest BCUT2D eigenvalue weighted by atomic mass is 16.7. The van der Waals surface area contributed by atoms with Crippen molar-refractivity contribution >= 4 is 0 Å². The lowest BCUT2D eigenvalue weighted by Crippen LogP contribution is -2.61. The standard InChI is InChI=1S/C32H36O6/c1-2-3-13-20-34-32-31(37-24-27-18-11-6-12-19-27)30(36-23-26-16-9-5-10-17-26)29(28(21-33)38-32)35-22-25-14-7-4-8-15-25/h1,4-12,14-19,28-33H,3,13,20-24H2/t28-,29-,30+,31-,32?/m1/s1. The van der Waals surface area contributed by atoms with E-state index in [1.807, 2.05) is 91.0 Å². The molecular weight excluding hydrogens is 480 g/mol. The zero-order valence-electron chi connectivity index (χ0n) is 21.6. The third-order valence-electron chi connectivity index (χ3n) is 6.37. The van der Waals surface area contributed by atoms with Gasteiger partial charge in [0.05, 0.1) is 33.0 Å². The van der Waals surface area contributed by atoms with Gasteiger partial charge in [0.25, 0.3) is 0 Å². The summed E-state index contributed by atoms with van der Waals surface area (Å²) in [5.41, 5.74) is 3.06. The number of benzene rings is 3. The first-order valence-electron chi connectivity index (χ1n) is 13.1. The Kier molecular flexibility index (Phi) is 11.4. The van der Waals surface area contributed by atoms with E-state index in [0.29, 0.717) is 39.3 Å². The maximum atomic E-state index is 10.3. The smallest absolute Gasteiger partial charge is 0.186 e. The fourth-order valence-corrected chi connectivity index (χ4v) is 4.40. The van der Waals surface area contributed by atoms with E-state index in [1.165, 1.54) is 0 Å². The van der Waals surface area contributed by atoms with E-state index in [2.05, 4.69) is 5.92 Å². The number of terminal acetylenes is 1. The Labute approximate surface area is 225 Å². The minimum absolute atomic E-state index is 0.250. The topological polar surface area (TPSA) is 66.4 Å². The fraction of sp³-hybridized carbons (Fsp3) is 0.375. The molecule has 3 aromatic rings. The largest absolute Gasteiger partial charge is 0.394 e. The number of unbranched alkanes of at least 4 members (excludes halogenated alkanes) is 1. The van der Waals surface area contributed by atoms with E-state index >= 15 is 0 Å². The lowest BCUT2D eigenvalue weighted by Gasteiger charge is -2.45. The summed E-state index contributed by atoms with van der Waals surface area (Å²) < 4.78 is 31.7. The molecule has 0 aliphatic carbocycles. The summed E-state index contributed by atoms with van der Waals surface area (Å²) in [7, 11) is 0. The number of hydrogen-bond donors (Lipinski definition) is 1. The lowest BCUT2D eigenvalue weighted by molar-refractivity contribution is -0.326. The quantitative estimate of drug-likeness (QED) is 0.243. The average molecular weight is 517 g/mol. The van der Waals surface area contributed by atoms with Crippen LogP contribution in [0.3, 0.4) is 0 Å². The van der Waals surface area contributed by atoms with Crippen molar-refractivity contribution in [2.24, 2.45) is 0 Å². The second-order valence-electron chi connectivity index (χ2n) is 9.19. The van der Waals surface area contributed by atoms with Gasteiger partial charge in [-0.05, 0) is 23.1 Å². The van der Waals surface area contributed by atoms with Gasteiger partial charge in [-0.3, -0.25) is 0 Å². The Morgan fingerprint density at radius 3 is 1.61 bits per heavy atom. The molecule has 1 aliphatic rings. The number of hydrogen-bond acceptors (Lipinski definition) is 6. The molecule has 5 atom stereocenters. The lowest BCUT2D eigenvalue weighted by atomic mass is 9.98. The van der Waals surface area contributed by atoms with E-state index in [0.717, 1.165) is 16.7 Å². The number of ether oxygens (including phenoxy) is 5. The number of rotatable bonds is 14. The summed E-state index contributed by atoms with van der Waals surface area (Å²) in [5, 5.41) is 10.3. The Balaban J connectivity index is 1.58. The van der Waals surface area contributed by atoms with Gasteiger partial charge < -0.3 is 28.8 Å². The van der Waals surface area contributed by atoms with Gasteiger partial charge in [-0.1, -0.05) is 91.0 Å². The monoisotopic (exact) mass is 516 g/mol. The van der Waals surface area contributed by atoms with E-state index in [-0.39, 0.29) is 6.61 Å². The second kappa shape index (κ2) is 15.4. The minimum Gasteiger partial charge on any atom is -0.394 e. The maximum absolute atomic E-state index is 10.3. The number of aliphatic hydroxyl groups excluding tert-OH is 1. The molecule has 1 unspecified atom stereocenters. The molecule has 1 aliphatic heterocycles. The molecular formula is C32H36O6. The van der Waals surface area contributed by atoms with Crippen LogP contribution in [-0.2, 0) is 43.5 Å².